The van der Waals surface area contributed by atoms with E-state index in [0.29, 0.717) is 6.07 Å². The van der Waals surface area contributed by atoms with Crippen LogP contribution < -0.4 is 4.43 Å². The minimum atomic E-state index is -4.63. The van der Waals surface area contributed by atoms with Gasteiger partial charge in [-0.15, -0.1) is 0 Å². The Balaban J connectivity index is 3.58. The van der Waals surface area contributed by atoms with E-state index in [1.807, 2.05) is 20.8 Å². The number of hydrogen-bond acceptors (Lipinski definition) is 3. The van der Waals surface area contributed by atoms with Gasteiger partial charge >= 0.3 is 0 Å². The van der Waals surface area contributed by atoms with Gasteiger partial charge in [-0.05, 0) is 18.1 Å². The summed E-state index contributed by atoms with van der Waals surface area (Å²) in [5.74, 6) is -5.92. The molecule has 120 valence electrons. The maximum absolute atomic E-state index is 13.7. The van der Waals surface area contributed by atoms with Gasteiger partial charge in [-0.25, -0.2) is 21.6 Å². The van der Waals surface area contributed by atoms with Crippen LogP contribution in [0.3, 0.4) is 0 Å². The van der Waals surface area contributed by atoms with Crippen LogP contribution in [0.25, 0.3) is 0 Å². The van der Waals surface area contributed by atoms with Crippen LogP contribution in [0, 0.1) is 17.5 Å². The Morgan fingerprint density at radius 1 is 1.14 bits per heavy atom. The molecule has 0 aliphatic carbocycles. The van der Waals surface area contributed by atoms with Crippen molar-refractivity contribution in [2.24, 2.45) is 0 Å². The highest BCUT2D eigenvalue weighted by atomic mass is 35.7. The topological polar surface area (TPSA) is 43.4 Å². The summed E-state index contributed by atoms with van der Waals surface area (Å²) < 4.78 is 68.8. The fourth-order valence-corrected chi connectivity index (χ4v) is 3.45. The van der Waals surface area contributed by atoms with Crippen molar-refractivity contribution in [1.82, 2.24) is 0 Å². The molecular weight excluding hydrogens is 345 g/mol. The zero-order valence-corrected chi connectivity index (χ0v) is 14.8. The first kappa shape index (κ1) is 18.3. The molecule has 0 N–H and O–H groups in total. The van der Waals surface area contributed by atoms with Crippen LogP contribution in [0.1, 0.15) is 20.8 Å². The Labute approximate surface area is 127 Å². The van der Waals surface area contributed by atoms with Crippen molar-refractivity contribution in [1.29, 1.82) is 0 Å². The second kappa shape index (κ2) is 5.48. The highest BCUT2D eigenvalue weighted by Gasteiger charge is 2.41. The maximum atomic E-state index is 13.7. The molecule has 0 aliphatic heterocycles. The third kappa shape index (κ3) is 3.73. The van der Waals surface area contributed by atoms with Gasteiger partial charge in [0, 0.05) is 16.7 Å². The molecule has 0 heterocycles. The quantitative estimate of drug-likeness (QED) is 0.455. The largest absolute Gasteiger partial charge is 0.542 e. The normalized spacial score (nSPS) is 13.4. The van der Waals surface area contributed by atoms with Crippen molar-refractivity contribution >= 4 is 28.1 Å². The molecule has 0 atom stereocenters. The van der Waals surface area contributed by atoms with E-state index in [2.05, 4.69) is 0 Å². The standard InChI is InChI=1S/C12H16ClF3O3SSi/c1-12(2,3)21(4,5)19-8-6-7(14)9(15)10(16)11(8)20(13,17)18/h6H,1-5H3. The van der Waals surface area contributed by atoms with Crippen LogP contribution in [-0.4, -0.2) is 16.7 Å². The van der Waals surface area contributed by atoms with Gasteiger partial charge < -0.3 is 4.43 Å². The third-order valence-electron chi connectivity index (χ3n) is 3.50. The molecule has 0 radical (unpaired) electrons. The Hall–Kier alpha value is -0.733. The summed E-state index contributed by atoms with van der Waals surface area (Å²) in [4.78, 5) is -1.17. The summed E-state index contributed by atoms with van der Waals surface area (Å²) in [5.41, 5.74) is 0. The Kier molecular flexibility index (Phi) is 4.78. The molecule has 9 heteroatoms. The van der Waals surface area contributed by atoms with Gasteiger partial charge in [-0.2, -0.15) is 0 Å². The van der Waals surface area contributed by atoms with Gasteiger partial charge in [0.15, 0.2) is 22.3 Å². The Bertz CT molecular complexity index is 669. The molecule has 0 aromatic heterocycles. The number of hydrogen-bond donors (Lipinski definition) is 0. The second-order valence-corrected chi connectivity index (χ2v) is 13.3. The summed E-state index contributed by atoms with van der Waals surface area (Å²) in [7, 11) is -2.12. The van der Waals surface area contributed by atoms with E-state index in [1.165, 1.54) is 0 Å². The van der Waals surface area contributed by atoms with Crippen LogP contribution in [0.15, 0.2) is 11.0 Å². The molecule has 1 rings (SSSR count). The first-order valence-electron chi connectivity index (χ1n) is 5.99. The molecule has 21 heavy (non-hydrogen) atoms. The zero-order valence-electron chi connectivity index (χ0n) is 12.2. The summed E-state index contributed by atoms with van der Waals surface area (Å²) in [6, 6.07) is 0.508. The van der Waals surface area contributed by atoms with E-state index in [1.54, 1.807) is 13.1 Å². The summed E-state index contributed by atoms with van der Waals surface area (Å²) in [6.45, 7) is 9.05. The van der Waals surface area contributed by atoms with Gasteiger partial charge in [0.2, 0.25) is 0 Å². The van der Waals surface area contributed by atoms with Crippen molar-refractivity contribution < 1.29 is 26.0 Å². The van der Waals surface area contributed by atoms with Gasteiger partial charge in [0.05, 0.1) is 0 Å². The van der Waals surface area contributed by atoms with E-state index in [4.69, 9.17) is 15.1 Å². The number of benzene rings is 1. The van der Waals surface area contributed by atoms with Gasteiger partial charge in [-0.3, -0.25) is 0 Å². The smallest absolute Gasteiger partial charge is 0.267 e. The molecule has 0 bridgehead atoms. The lowest BCUT2D eigenvalue weighted by molar-refractivity contribution is 0.408. The van der Waals surface area contributed by atoms with Crippen molar-refractivity contribution in [2.45, 2.75) is 43.8 Å². The van der Waals surface area contributed by atoms with Gasteiger partial charge in [0.1, 0.15) is 5.75 Å². The van der Waals surface area contributed by atoms with Crippen LogP contribution in [0.4, 0.5) is 13.2 Å². The monoisotopic (exact) mass is 360 g/mol. The van der Waals surface area contributed by atoms with Crippen LogP contribution >= 0.6 is 10.7 Å². The molecule has 1 aromatic carbocycles. The summed E-state index contributed by atoms with van der Waals surface area (Å²) >= 11 is 0. The van der Waals surface area contributed by atoms with Crippen LogP contribution in [-0.2, 0) is 9.05 Å². The lowest BCUT2D eigenvalue weighted by Gasteiger charge is -2.36. The van der Waals surface area contributed by atoms with Gasteiger partial charge in [-0.1, -0.05) is 20.8 Å². The van der Waals surface area contributed by atoms with E-state index in [9.17, 15) is 21.6 Å². The Morgan fingerprint density at radius 2 is 1.62 bits per heavy atom. The number of halogens is 4. The van der Waals surface area contributed by atoms with E-state index in [0.717, 1.165) is 0 Å². The minimum absolute atomic E-state index is 0.359. The van der Waals surface area contributed by atoms with Crippen LogP contribution in [0.5, 0.6) is 5.75 Å². The second-order valence-electron chi connectivity index (χ2n) is 6.11. The fraction of sp³-hybridized carbons (Fsp3) is 0.500. The summed E-state index contributed by atoms with van der Waals surface area (Å²) in [6.07, 6.45) is 0. The molecule has 0 spiro atoms. The third-order valence-corrected chi connectivity index (χ3v) is 9.17. The molecule has 0 amide bonds. The van der Waals surface area contributed by atoms with Crippen molar-refractivity contribution in [3.63, 3.8) is 0 Å². The van der Waals surface area contributed by atoms with Crippen molar-refractivity contribution in [3.05, 3.63) is 23.5 Å². The molecule has 1 aromatic rings. The maximum Gasteiger partial charge on any atom is 0.267 e. The first-order valence-corrected chi connectivity index (χ1v) is 11.2. The Morgan fingerprint density at radius 3 is 2.00 bits per heavy atom. The van der Waals surface area contributed by atoms with Crippen LogP contribution in [0.2, 0.25) is 18.1 Å². The molecular formula is C12H16ClF3O3SSi. The predicted octanol–water partition coefficient (Wildman–Crippen LogP) is 4.42. The minimum Gasteiger partial charge on any atom is -0.542 e. The molecule has 0 unspecified atom stereocenters. The highest BCUT2D eigenvalue weighted by Crippen LogP contribution is 2.41. The zero-order chi connectivity index (χ0) is 16.8. The molecule has 0 fully saturated rings. The van der Waals surface area contributed by atoms with Crippen molar-refractivity contribution in [3.8, 4) is 5.75 Å². The number of rotatable bonds is 3. The first-order chi connectivity index (χ1) is 9.18. The fourth-order valence-electron chi connectivity index (χ4n) is 1.29. The average molecular weight is 361 g/mol. The molecule has 0 aliphatic rings. The highest BCUT2D eigenvalue weighted by molar-refractivity contribution is 8.13. The molecule has 0 saturated carbocycles. The predicted molar refractivity (Wildman–Crippen MR) is 77.2 cm³/mol. The lowest BCUT2D eigenvalue weighted by atomic mass is 10.2. The SMILES string of the molecule is CC(C)(C)[Si](C)(C)Oc1cc(F)c(F)c(F)c1S(=O)(=O)Cl. The summed E-state index contributed by atoms with van der Waals surface area (Å²) in [5, 5.41) is -0.359. The van der Waals surface area contributed by atoms with Crippen molar-refractivity contribution in [2.75, 3.05) is 0 Å². The van der Waals surface area contributed by atoms with Gasteiger partial charge in [0.25, 0.3) is 17.4 Å². The molecule has 0 saturated heterocycles. The molecule has 3 nitrogen and oxygen atoms in total. The average Bonchev–Trinajstić information content (AvgIpc) is 2.21. The van der Waals surface area contributed by atoms with E-state index >= 15 is 0 Å². The van der Waals surface area contributed by atoms with E-state index < -0.39 is 45.5 Å². The van der Waals surface area contributed by atoms with E-state index in [-0.39, 0.29) is 5.04 Å². The lowest BCUT2D eigenvalue weighted by Crippen LogP contribution is -2.44.